The lowest BCUT2D eigenvalue weighted by atomic mass is 9.96. The molecule has 0 bridgehead atoms. The van der Waals surface area contributed by atoms with E-state index >= 15 is 0 Å². The van der Waals surface area contributed by atoms with Crippen LogP contribution in [0.25, 0.3) is 5.69 Å². The van der Waals surface area contributed by atoms with E-state index in [0.29, 0.717) is 11.0 Å². The first-order valence-corrected chi connectivity index (χ1v) is 10.3. The van der Waals surface area contributed by atoms with Gasteiger partial charge in [0.05, 0.1) is 28.5 Å². The predicted octanol–water partition coefficient (Wildman–Crippen LogP) is 3.13. The summed E-state index contributed by atoms with van der Waals surface area (Å²) in [5.41, 5.74) is 4.28. The molecule has 0 aliphatic rings. The minimum atomic E-state index is -0.221. The molecule has 0 fully saturated rings. The van der Waals surface area contributed by atoms with Crippen LogP contribution in [0.1, 0.15) is 43.5 Å². The molecular formula is C20H27N7OS. The Hall–Kier alpha value is -2.81. The summed E-state index contributed by atoms with van der Waals surface area (Å²) < 4.78 is 3.29. The lowest BCUT2D eigenvalue weighted by Crippen LogP contribution is -2.24. The molecule has 1 aromatic carbocycles. The van der Waals surface area contributed by atoms with Gasteiger partial charge in [0.1, 0.15) is 0 Å². The van der Waals surface area contributed by atoms with Gasteiger partial charge in [-0.2, -0.15) is 5.10 Å². The highest BCUT2D eigenvalue weighted by molar-refractivity contribution is 7.99. The SMILES string of the molecule is Cc1ccc(-n2nc(C)c(NC(=O)CSc3nnc(C(C)(C)C)n3N)c2C)cc1. The summed E-state index contributed by atoms with van der Waals surface area (Å²) in [7, 11) is 0. The molecule has 0 aliphatic heterocycles. The van der Waals surface area contributed by atoms with Crippen LogP contribution < -0.4 is 11.2 Å². The van der Waals surface area contributed by atoms with Crippen molar-refractivity contribution < 1.29 is 4.79 Å². The van der Waals surface area contributed by atoms with Crippen molar-refractivity contribution in [3.05, 3.63) is 47.0 Å². The van der Waals surface area contributed by atoms with Crippen LogP contribution in [-0.2, 0) is 10.2 Å². The van der Waals surface area contributed by atoms with Gasteiger partial charge in [0.15, 0.2) is 5.82 Å². The van der Waals surface area contributed by atoms with Gasteiger partial charge in [-0.05, 0) is 32.9 Å². The van der Waals surface area contributed by atoms with Crippen molar-refractivity contribution in [3.8, 4) is 5.69 Å². The molecule has 0 saturated heterocycles. The number of rotatable bonds is 5. The second-order valence-electron chi connectivity index (χ2n) is 8.06. The third-order valence-corrected chi connectivity index (χ3v) is 5.45. The van der Waals surface area contributed by atoms with Gasteiger partial charge < -0.3 is 11.2 Å². The molecule has 1 amide bonds. The quantitative estimate of drug-likeness (QED) is 0.492. The first-order valence-electron chi connectivity index (χ1n) is 9.35. The number of benzene rings is 1. The lowest BCUT2D eigenvalue weighted by Gasteiger charge is -2.16. The van der Waals surface area contributed by atoms with E-state index in [1.807, 2.05) is 70.5 Å². The Morgan fingerprint density at radius 3 is 2.38 bits per heavy atom. The van der Waals surface area contributed by atoms with E-state index in [-0.39, 0.29) is 17.1 Å². The second-order valence-corrected chi connectivity index (χ2v) is 9.00. The molecule has 8 nitrogen and oxygen atoms in total. The Bertz CT molecular complexity index is 1030. The summed E-state index contributed by atoms with van der Waals surface area (Å²) in [4.78, 5) is 12.5. The molecule has 9 heteroatoms. The lowest BCUT2D eigenvalue weighted by molar-refractivity contribution is -0.113. The number of hydrogen-bond donors (Lipinski definition) is 2. The zero-order valence-corrected chi connectivity index (χ0v) is 18.5. The number of nitrogens with zero attached hydrogens (tertiary/aromatic N) is 5. The number of carbonyl (C=O) groups is 1. The Kier molecular flexibility index (Phi) is 5.70. The number of amides is 1. The van der Waals surface area contributed by atoms with Gasteiger partial charge in [-0.3, -0.25) is 4.79 Å². The van der Waals surface area contributed by atoms with Gasteiger partial charge in [-0.1, -0.05) is 50.2 Å². The van der Waals surface area contributed by atoms with Crippen molar-refractivity contribution in [2.24, 2.45) is 0 Å². The molecule has 0 unspecified atom stereocenters. The molecule has 0 aliphatic carbocycles. The summed E-state index contributed by atoms with van der Waals surface area (Å²) in [6.45, 7) is 11.9. The molecule has 154 valence electrons. The van der Waals surface area contributed by atoms with E-state index in [9.17, 15) is 4.79 Å². The largest absolute Gasteiger partial charge is 0.336 e. The smallest absolute Gasteiger partial charge is 0.234 e. The molecule has 3 rings (SSSR count). The van der Waals surface area contributed by atoms with Gasteiger partial charge in [-0.25, -0.2) is 9.36 Å². The number of anilines is 1. The van der Waals surface area contributed by atoms with Crippen molar-refractivity contribution in [2.75, 3.05) is 16.9 Å². The Morgan fingerprint density at radius 2 is 1.79 bits per heavy atom. The van der Waals surface area contributed by atoms with Crippen LogP contribution >= 0.6 is 11.8 Å². The van der Waals surface area contributed by atoms with E-state index in [4.69, 9.17) is 5.84 Å². The van der Waals surface area contributed by atoms with Crippen LogP contribution in [-0.4, -0.2) is 36.3 Å². The normalized spacial score (nSPS) is 11.7. The van der Waals surface area contributed by atoms with Crippen molar-refractivity contribution >= 4 is 23.4 Å². The monoisotopic (exact) mass is 413 g/mol. The van der Waals surface area contributed by atoms with E-state index in [1.54, 1.807) is 0 Å². The van der Waals surface area contributed by atoms with E-state index in [1.165, 1.54) is 22.0 Å². The van der Waals surface area contributed by atoms with Crippen molar-refractivity contribution in [2.45, 2.75) is 52.1 Å². The fraction of sp³-hybridized carbons (Fsp3) is 0.400. The topological polar surface area (TPSA) is 104 Å². The molecular weight excluding hydrogens is 386 g/mol. The molecule has 29 heavy (non-hydrogen) atoms. The highest BCUT2D eigenvalue weighted by Crippen LogP contribution is 2.25. The Labute approximate surface area is 174 Å². The zero-order valence-electron chi connectivity index (χ0n) is 17.6. The molecule has 0 saturated carbocycles. The molecule has 0 radical (unpaired) electrons. The maximum absolute atomic E-state index is 12.5. The molecule has 3 aromatic rings. The molecule has 0 spiro atoms. The third-order valence-electron chi connectivity index (χ3n) is 4.50. The number of hydrogen-bond acceptors (Lipinski definition) is 6. The van der Waals surface area contributed by atoms with Crippen molar-refractivity contribution in [1.82, 2.24) is 24.7 Å². The molecule has 2 aromatic heterocycles. The fourth-order valence-corrected chi connectivity index (χ4v) is 3.61. The van der Waals surface area contributed by atoms with E-state index < -0.39 is 0 Å². The average molecular weight is 414 g/mol. The van der Waals surface area contributed by atoms with Gasteiger partial charge in [0.25, 0.3) is 0 Å². The second kappa shape index (κ2) is 7.90. The van der Waals surface area contributed by atoms with Crippen molar-refractivity contribution in [1.29, 1.82) is 0 Å². The van der Waals surface area contributed by atoms with Crippen molar-refractivity contribution in [3.63, 3.8) is 0 Å². The number of carbonyl (C=O) groups excluding carboxylic acids is 1. The summed E-state index contributed by atoms with van der Waals surface area (Å²) >= 11 is 1.25. The summed E-state index contributed by atoms with van der Waals surface area (Å²) in [6.07, 6.45) is 0. The molecule has 2 heterocycles. The summed E-state index contributed by atoms with van der Waals surface area (Å²) in [5, 5.41) is 16.3. The fourth-order valence-electron chi connectivity index (χ4n) is 2.95. The number of aryl methyl sites for hydroxylation is 2. The van der Waals surface area contributed by atoms with Crippen LogP contribution in [0.5, 0.6) is 0 Å². The first kappa shape index (κ1) is 20.9. The van der Waals surface area contributed by atoms with Gasteiger partial charge >= 0.3 is 0 Å². The van der Waals surface area contributed by atoms with Crippen LogP contribution in [0.4, 0.5) is 5.69 Å². The highest BCUT2D eigenvalue weighted by Gasteiger charge is 2.23. The van der Waals surface area contributed by atoms with Gasteiger partial charge in [-0.15, -0.1) is 10.2 Å². The van der Waals surface area contributed by atoms with E-state index in [2.05, 4.69) is 20.6 Å². The zero-order chi connectivity index (χ0) is 21.3. The molecule has 3 N–H and O–H groups in total. The Morgan fingerprint density at radius 1 is 1.14 bits per heavy atom. The average Bonchev–Trinajstić information content (AvgIpc) is 3.15. The third kappa shape index (κ3) is 4.45. The van der Waals surface area contributed by atoms with E-state index in [0.717, 1.165) is 22.8 Å². The number of nitrogens with two attached hydrogens (primary N) is 1. The summed E-state index contributed by atoms with van der Waals surface area (Å²) in [5.74, 6) is 6.78. The predicted molar refractivity (Wildman–Crippen MR) is 116 cm³/mol. The number of aromatic nitrogens is 5. The highest BCUT2D eigenvalue weighted by atomic mass is 32.2. The van der Waals surface area contributed by atoms with Crippen LogP contribution in [0.2, 0.25) is 0 Å². The standard InChI is InChI=1S/C20H27N7OS/c1-12-7-9-15(10-8-12)27-14(3)17(13(2)25-27)22-16(28)11-29-19-24-23-18(26(19)21)20(4,5)6/h7-10H,11,21H2,1-6H3,(H,22,28). The number of thioether (sulfide) groups is 1. The first-order chi connectivity index (χ1) is 13.6. The maximum Gasteiger partial charge on any atom is 0.234 e. The molecule has 0 atom stereocenters. The number of nitrogen functional groups attached to an aromatic ring is 1. The number of nitrogens with one attached hydrogen (secondary N) is 1. The van der Waals surface area contributed by atoms with Crippen LogP contribution in [0.15, 0.2) is 29.4 Å². The minimum absolute atomic E-state index is 0.148. The van der Waals surface area contributed by atoms with Gasteiger partial charge in [0, 0.05) is 5.41 Å². The minimum Gasteiger partial charge on any atom is -0.336 e. The van der Waals surface area contributed by atoms with Gasteiger partial charge in [0.2, 0.25) is 11.1 Å². The summed E-state index contributed by atoms with van der Waals surface area (Å²) in [6, 6.07) is 8.10. The van der Waals surface area contributed by atoms with Crippen LogP contribution in [0.3, 0.4) is 0 Å². The maximum atomic E-state index is 12.5. The van der Waals surface area contributed by atoms with Crippen LogP contribution in [0, 0.1) is 20.8 Å². The Balaban J connectivity index is 1.70.